The average molecular weight is 493 g/mol. The van der Waals surface area contributed by atoms with E-state index in [1.165, 1.54) is 6.07 Å². The van der Waals surface area contributed by atoms with Crippen LogP contribution in [0.5, 0.6) is 5.75 Å². The molecule has 0 saturated heterocycles. The number of aryl methyl sites for hydroxylation is 1. The van der Waals surface area contributed by atoms with Crippen LogP contribution in [0.25, 0.3) is 32.9 Å². The summed E-state index contributed by atoms with van der Waals surface area (Å²) in [6.45, 7) is 7.67. The molecule has 0 bridgehead atoms. The minimum atomic E-state index is -2.73. The third-order valence-corrected chi connectivity index (χ3v) is 6.28. The normalized spacial score (nSPS) is 14.3. The topological polar surface area (TPSA) is 81.5 Å². The molecule has 0 aliphatic carbocycles. The summed E-state index contributed by atoms with van der Waals surface area (Å²) in [5.74, 6) is -0.440. The quantitative estimate of drug-likeness (QED) is 0.339. The molecule has 8 heteroatoms. The zero-order valence-electron chi connectivity index (χ0n) is 20.4. The number of halogens is 2. The van der Waals surface area contributed by atoms with Crippen molar-refractivity contribution in [2.45, 2.75) is 52.2 Å². The molecular formula is C28H26F2N2O4. The van der Waals surface area contributed by atoms with Gasteiger partial charge in [0.1, 0.15) is 11.4 Å². The first-order valence-corrected chi connectivity index (χ1v) is 11.7. The Morgan fingerprint density at radius 1 is 1.17 bits per heavy atom. The van der Waals surface area contributed by atoms with Crippen molar-refractivity contribution in [3.8, 4) is 16.9 Å². The van der Waals surface area contributed by atoms with Gasteiger partial charge in [0, 0.05) is 34.5 Å². The van der Waals surface area contributed by atoms with Gasteiger partial charge < -0.3 is 14.6 Å². The second-order valence-corrected chi connectivity index (χ2v) is 9.94. The molecule has 3 heterocycles. The molecule has 0 amide bonds. The smallest absolute Gasteiger partial charge is 0.337 e. The molecule has 0 fully saturated rings. The lowest BCUT2D eigenvalue weighted by molar-refractivity contribution is -0.160. The van der Waals surface area contributed by atoms with Crippen molar-refractivity contribution < 1.29 is 28.2 Å². The van der Waals surface area contributed by atoms with Crippen LogP contribution in [-0.2, 0) is 16.0 Å². The van der Waals surface area contributed by atoms with Crippen LogP contribution in [0, 0.1) is 6.92 Å². The van der Waals surface area contributed by atoms with Crippen LogP contribution >= 0.6 is 0 Å². The summed E-state index contributed by atoms with van der Waals surface area (Å²) in [6.07, 6.45) is -1.59. The summed E-state index contributed by atoms with van der Waals surface area (Å²) in [6, 6.07) is 10.1. The summed E-state index contributed by atoms with van der Waals surface area (Å²) in [4.78, 5) is 21.4. The highest BCUT2D eigenvalue weighted by atomic mass is 19.3. The van der Waals surface area contributed by atoms with E-state index in [0.29, 0.717) is 51.0 Å². The fraction of sp³-hybridized carbons (Fsp3) is 0.321. The summed E-state index contributed by atoms with van der Waals surface area (Å²) in [7, 11) is 0. The zero-order valence-corrected chi connectivity index (χ0v) is 20.4. The molecule has 0 unspecified atom stereocenters. The van der Waals surface area contributed by atoms with Gasteiger partial charge in [-0.15, -0.1) is 0 Å². The molecule has 36 heavy (non-hydrogen) atoms. The monoisotopic (exact) mass is 492 g/mol. The van der Waals surface area contributed by atoms with E-state index in [-0.39, 0.29) is 5.69 Å². The van der Waals surface area contributed by atoms with Crippen LogP contribution in [-0.4, -0.2) is 33.3 Å². The SMILES string of the molecule is Cc1cc2nc(C(F)F)ccc2c(-c2ccc3c4c(ccnc24)CCO3)c1[C@H](OC(C)(C)C)C(=O)O. The number of nitrogens with zero attached hydrogens (tertiary/aromatic N) is 2. The summed E-state index contributed by atoms with van der Waals surface area (Å²) < 4.78 is 38.9. The number of hydrogen-bond donors (Lipinski definition) is 1. The van der Waals surface area contributed by atoms with Gasteiger partial charge in [0.05, 0.1) is 23.2 Å². The van der Waals surface area contributed by atoms with E-state index in [1.807, 2.05) is 18.2 Å². The molecule has 5 rings (SSSR count). The van der Waals surface area contributed by atoms with E-state index in [0.717, 1.165) is 17.4 Å². The molecule has 1 aliphatic heterocycles. The molecule has 1 atom stereocenters. The molecule has 0 spiro atoms. The number of alkyl halides is 2. The van der Waals surface area contributed by atoms with Crippen LogP contribution in [0.2, 0.25) is 0 Å². The average Bonchev–Trinajstić information content (AvgIpc) is 2.81. The van der Waals surface area contributed by atoms with Gasteiger partial charge in [-0.3, -0.25) is 4.98 Å². The lowest BCUT2D eigenvalue weighted by Gasteiger charge is -2.29. The van der Waals surface area contributed by atoms with Crippen molar-refractivity contribution in [3.63, 3.8) is 0 Å². The minimum absolute atomic E-state index is 0.343. The number of carboxylic acid groups (broad SMARTS) is 1. The minimum Gasteiger partial charge on any atom is -0.493 e. The van der Waals surface area contributed by atoms with Gasteiger partial charge in [-0.25, -0.2) is 18.6 Å². The molecule has 2 aromatic heterocycles. The highest BCUT2D eigenvalue weighted by molar-refractivity contribution is 6.08. The maximum absolute atomic E-state index is 13.5. The number of pyridine rings is 2. The predicted molar refractivity (Wildman–Crippen MR) is 133 cm³/mol. The second kappa shape index (κ2) is 8.78. The Morgan fingerprint density at radius 3 is 2.64 bits per heavy atom. The van der Waals surface area contributed by atoms with Gasteiger partial charge in [0.25, 0.3) is 6.43 Å². The first-order chi connectivity index (χ1) is 17.0. The Bertz CT molecular complexity index is 1500. The lowest BCUT2D eigenvalue weighted by atomic mass is 9.86. The molecule has 4 aromatic rings. The van der Waals surface area contributed by atoms with Crippen molar-refractivity contribution in [3.05, 3.63) is 65.0 Å². The van der Waals surface area contributed by atoms with Gasteiger partial charge in [-0.2, -0.15) is 0 Å². The fourth-order valence-electron chi connectivity index (χ4n) is 4.88. The van der Waals surface area contributed by atoms with Crippen molar-refractivity contribution in [2.75, 3.05) is 6.61 Å². The van der Waals surface area contributed by atoms with Crippen LogP contribution in [0.15, 0.2) is 42.6 Å². The van der Waals surface area contributed by atoms with Crippen molar-refractivity contribution in [2.24, 2.45) is 0 Å². The van der Waals surface area contributed by atoms with Crippen LogP contribution < -0.4 is 4.74 Å². The van der Waals surface area contributed by atoms with Crippen LogP contribution in [0.4, 0.5) is 8.78 Å². The van der Waals surface area contributed by atoms with Crippen molar-refractivity contribution in [1.82, 2.24) is 9.97 Å². The van der Waals surface area contributed by atoms with Gasteiger partial charge >= 0.3 is 5.97 Å². The van der Waals surface area contributed by atoms with E-state index in [1.54, 1.807) is 46.0 Å². The summed E-state index contributed by atoms with van der Waals surface area (Å²) in [5.41, 5.74) is 3.21. The van der Waals surface area contributed by atoms with Crippen molar-refractivity contribution in [1.29, 1.82) is 0 Å². The third-order valence-electron chi connectivity index (χ3n) is 6.28. The highest BCUT2D eigenvalue weighted by Gasteiger charge is 2.33. The number of carboxylic acids is 1. The Kier molecular flexibility index (Phi) is 5.87. The fourth-order valence-corrected chi connectivity index (χ4v) is 4.88. The standard InChI is InChI=1S/C28H26F2N2O4/c1-14-13-19-16(5-7-18(32-19)26(29)30)23(21(14)25(27(33)34)36-28(2,3)4)17-6-8-20-22-15(10-12-35-20)9-11-31-24(17)22/h5-9,11,13,25-26H,10,12H2,1-4H3,(H,33,34)/t25-/m0/s1. The molecular weight excluding hydrogens is 466 g/mol. The van der Waals surface area contributed by atoms with E-state index < -0.39 is 24.1 Å². The van der Waals surface area contributed by atoms with E-state index in [2.05, 4.69) is 9.97 Å². The van der Waals surface area contributed by atoms with Gasteiger partial charge in [-0.1, -0.05) is 6.07 Å². The highest BCUT2D eigenvalue weighted by Crippen LogP contribution is 2.45. The number of aromatic nitrogens is 2. The summed E-state index contributed by atoms with van der Waals surface area (Å²) in [5, 5.41) is 11.7. The largest absolute Gasteiger partial charge is 0.493 e. The van der Waals surface area contributed by atoms with E-state index in [9.17, 15) is 18.7 Å². The number of benzene rings is 2. The Balaban J connectivity index is 1.91. The number of hydrogen-bond acceptors (Lipinski definition) is 5. The number of carbonyl (C=O) groups is 1. The number of ether oxygens (including phenoxy) is 2. The maximum atomic E-state index is 13.5. The summed E-state index contributed by atoms with van der Waals surface area (Å²) >= 11 is 0. The molecule has 6 nitrogen and oxygen atoms in total. The molecule has 186 valence electrons. The number of aliphatic carboxylic acids is 1. The van der Waals surface area contributed by atoms with Gasteiger partial charge in [0.15, 0.2) is 6.10 Å². The van der Waals surface area contributed by atoms with Gasteiger partial charge in [-0.05, 0) is 74.7 Å². The number of fused-ring (bicyclic) bond motifs is 1. The van der Waals surface area contributed by atoms with Gasteiger partial charge in [0.2, 0.25) is 0 Å². The lowest BCUT2D eigenvalue weighted by Crippen LogP contribution is -2.28. The first kappa shape index (κ1) is 24.1. The Hall–Kier alpha value is -3.65. The maximum Gasteiger partial charge on any atom is 0.337 e. The van der Waals surface area contributed by atoms with E-state index in [4.69, 9.17) is 9.47 Å². The molecule has 1 N–H and O–H groups in total. The van der Waals surface area contributed by atoms with Crippen LogP contribution in [0.3, 0.4) is 0 Å². The molecule has 2 aromatic carbocycles. The number of rotatable bonds is 5. The third kappa shape index (κ3) is 4.15. The Morgan fingerprint density at radius 2 is 1.94 bits per heavy atom. The zero-order chi connectivity index (χ0) is 25.8. The first-order valence-electron chi connectivity index (χ1n) is 11.7. The Labute approximate surface area is 206 Å². The molecule has 0 radical (unpaired) electrons. The van der Waals surface area contributed by atoms with Crippen LogP contribution in [0.1, 0.15) is 55.7 Å². The molecule has 0 saturated carbocycles. The molecule has 1 aliphatic rings. The van der Waals surface area contributed by atoms with Crippen molar-refractivity contribution >= 4 is 27.8 Å². The second-order valence-electron chi connectivity index (χ2n) is 9.94. The van der Waals surface area contributed by atoms with E-state index >= 15 is 0 Å². The predicted octanol–water partition coefficient (Wildman–Crippen LogP) is 6.57.